The summed E-state index contributed by atoms with van der Waals surface area (Å²) in [6.45, 7) is 7.63. The Morgan fingerprint density at radius 1 is 1.48 bits per heavy atom. The topological polar surface area (TPSA) is 56.1 Å². The number of nitrogens with zero attached hydrogens (tertiary/aromatic N) is 2. The fourth-order valence-corrected chi connectivity index (χ4v) is 4.08. The predicted octanol–water partition coefficient (Wildman–Crippen LogP) is 4.33. The number of rotatable bonds is 2. The summed E-state index contributed by atoms with van der Waals surface area (Å²) in [4.78, 5) is 16.2. The number of aryl methyl sites for hydroxylation is 1. The van der Waals surface area contributed by atoms with E-state index in [4.69, 9.17) is 4.74 Å². The van der Waals surface area contributed by atoms with Gasteiger partial charge in [0.15, 0.2) is 0 Å². The predicted molar refractivity (Wildman–Crippen MR) is 92.7 cm³/mol. The van der Waals surface area contributed by atoms with Crippen LogP contribution in [0.3, 0.4) is 0 Å². The molecule has 1 aliphatic heterocycles. The molecule has 0 saturated heterocycles. The van der Waals surface area contributed by atoms with Gasteiger partial charge in [0, 0.05) is 29.4 Å². The lowest BCUT2D eigenvalue weighted by molar-refractivity contribution is 0.0636. The Morgan fingerprint density at radius 2 is 2.26 bits per heavy atom. The maximum Gasteiger partial charge on any atom is 0.412 e. The second-order valence-electron chi connectivity index (χ2n) is 6.59. The average Bonchev–Trinajstić information content (AvgIpc) is 3.01. The fraction of sp³-hybridized carbons (Fsp3) is 0.412. The largest absolute Gasteiger partial charge is 0.444 e. The van der Waals surface area contributed by atoms with E-state index in [0.717, 1.165) is 22.8 Å². The smallest absolute Gasteiger partial charge is 0.412 e. The lowest BCUT2D eigenvalue weighted by atomic mass is 10.2. The van der Waals surface area contributed by atoms with Crippen molar-refractivity contribution in [1.29, 1.82) is 0 Å². The fourth-order valence-electron chi connectivity index (χ4n) is 2.70. The normalized spacial score (nSPS) is 17.0. The zero-order valence-electron chi connectivity index (χ0n) is 13.8. The minimum absolute atomic E-state index is 0.202. The number of fused-ring (bicyclic) bond motifs is 1. The Hall–Kier alpha value is -1.95. The highest BCUT2D eigenvalue weighted by molar-refractivity contribution is 7.99. The molecular formula is C17H21N3O2S. The lowest BCUT2D eigenvalue weighted by Gasteiger charge is -2.19. The third-order valence-electron chi connectivity index (χ3n) is 3.55. The zero-order valence-corrected chi connectivity index (χ0v) is 14.6. The van der Waals surface area contributed by atoms with E-state index in [1.165, 1.54) is 5.56 Å². The van der Waals surface area contributed by atoms with Crippen LogP contribution in [0.4, 0.5) is 10.5 Å². The van der Waals surface area contributed by atoms with Crippen LogP contribution >= 0.6 is 11.8 Å². The SMILES string of the molecule is Cc1cc(NC(=O)OC(C)(C)C)c2n1C(c1cccnc1)SC2. The van der Waals surface area contributed by atoms with Crippen LogP contribution < -0.4 is 5.32 Å². The number of carbonyl (C=O) groups excluding carboxylic acids is 1. The third kappa shape index (κ3) is 3.37. The van der Waals surface area contributed by atoms with Crippen molar-refractivity contribution < 1.29 is 9.53 Å². The summed E-state index contributed by atoms with van der Waals surface area (Å²) >= 11 is 1.83. The molecule has 122 valence electrons. The van der Waals surface area contributed by atoms with E-state index in [1.807, 2.05) is 50.9 Å². The number of thioether (sulfide) groups is 1. The minimum atomic E-state index is -0.505. The molecule has 3 heterocycles. The number of hydrogen-bond donors (Lipinski definition) is 1. The van der Waals surface area contributed by atoms with Gasteiger partial charge in [-0.2, -0.15) is 0 Å². The van der Waals surface area contributed by atoms with E-state index in [1.54, 1.807) is 6.20 Å². The number of pyridine rings is 1. The first-order valence-electron chi connectivity index (χ1n) is 7.57. The highest BCUT2D eigenvalue weighted by Gasteiger charge is 2.29. The molecule has 1 aliphatic rings. The molecule has 0 bridgehead atoms. The van der Waals surface area contributed by atoms with Gasteiger partial charge in [-0.3, -0.25) is 10.3 Å². The summed E-state index contributed by atoms with van der Waals surface area (Å²) in [6.07, 6.45) is 3.26. The molecule has 0 radical (unpaired) electrons. The number of ether oxygens (including phenoxy) is 1. The molecule has 0 saturated carbocycles. The highest BCUT2D eigenvalue weighted by Crippen LogP contribution is 2.45. The summed E-state index contributed by atoms with van der Waals surface area (Å²) in [5, 5.41) is 3.08. The maximum absolute atomic E-state index is 12.0. The first-order valence-corrected chi connectivity index (χ1v) is 8.62. The van der Waals surface area contributed by atoms with Gasteiger partial charge >= 0.3 is 6.09 Å². The van der Waals surface area contributed by atoms with Crippen molar-refractivity contribution in [3.05, 3.63) is 47.5 Å². The molecule has 1 amide bonds. The van der Waals surface area contributed by atoms with Gasteiger partial charge in [-0.05, 0) is 39.8 Å². The van der Waals surface area contributed by atoms with Gasteiger partial charge in [0.1, 0.15) is 11.0 Å². The summed E-state index contributed by atoms with van der Waals surface area (Å²) < 4.78 is 7.60. The summed E-state index contributed by atoms with van der Waals surface area (Å²) in [5.74, 6) is 0.846. The van der Waals surface area contributed by atoms with Crippen LogP contribution in [0.1, 0.15) is 43.1 Å². The lowest BCUT2D eigenvalue weighted by Crippen LogP contribution is -2.27. The monoisotopic (exact) mass is 331 g/mol. The molecule has 2 aromatic rings. The summed E-state index contributed by atoms with van der Waals surface area (Å²) in [6, 6.07) is 6.04. The van der Waals surface area contributed by atoms with Gasteiger partial charge in [0.2, 0.25) is 0 Å². The van der Waals surface area contributed by atoms with Crippen molar-refractivity contribution >= 4 is 23.5 Å². The molecule has 0 fully saturated rings. The van der Waals surface area contributed by atoms with Crippen LogP contribution in [0, 0.1) is 6.92 Å². The van der Waals surface area contributed by atoms with Gasteiger partial charge in [-0.25, -0.2) is 4.79 Å². The molecule has 1 N–H and O–H groups in total. The van der Waals surface area contributed by atoms with E-state index in [0.29, 0.717) is 0 Å². The minimum Gasteiger partial charge on any atom is -0.444 e. The molecule has 0 aliphatic carbocycles. The first kappa shape index (κ1) is 15.9. The molecule has 1 unspecified atom stereocenters. The molecule has 6 heteroatoms. The Balaban J connectivity index is 1.85. The second kappa shape index (κ2) is 5.92. The van der Waals surface area contributed by atoms with Crippen molar-refractivity contribution in [3.63, 3.8) is 0 Å². The molecule has 3 rings (SSSR count). The van der Waals surface area contributed by atoms with Gasteiger partial charge in [-0.1, -0.05) is 6.07 Å². The Bertz CT molecular complexity index is 719. The standard InChI is InChI=1S/C17H21N3O2S/c1-11-8-13(19-16(21)22-17(2,3)4)14-10-23-15(20(11)14)12-6-5-7-18-9-12/h5-9,15H,10H2,1-4H3,(H,19,21). The molecule has 23 heavy (non-hydrogen) atoms. The van der Waals surface area contributed by atoms with E-state index in [-0.39, 0.29) is 5.37 Å². The Morgan fingerprint density at radius 3 is 2.91 bits per heavy atom. The number of anilines is 1. The van der Waals surface area contributed by atoms with Crippen LogP contribution in [0.2, 0.25) is 0 Å². The average molecular weight is 331 g/mol. The van der Waals surface area contributed by atoms with E-state index < -0.39 is 11.7 Å². The van der Waals surface area contributed by atoms with Gasteiger partial charge in [-0.15, -0.1) is 11.8 Å². The van der Waals surface area contributed by atoms with Crippen LogP contribution in [0.5, 0.6) is 0 Å². The van der Waals surface area contributed by atoms with Crippen molar-refractivity contribution in [1.82, 2.24) is 9.55 Å². The van der Waals surface area contributed by atoms with E-state index in [9.17, 15) is 4.79 Å². The van der Waals surface area contributed by atoms with Gasteiger partial charge in [0.25, 0.3) is 0 Å². The number of carbonyl (C=O) groups is 1. The first-order chi connectivity index (χ1) is 10.8. The van der Waals surface area contributed by atoms with Crippen LogP contribution in [-0.2, 0) is 10.5 Å². The second-order valence-corrected chi connectivity index (χ2v) is 7.66. The van der Waals surface area contributed by atoms with Crippen LogP contribution in [-0.4, -0.2) is 21.2 Å². The molecule has 0 aromatic carbocycles. The highest BCUT2D eigenvalue weighted by atomic mass is 32.2. The molecule has 1 atom stereocenters. The number of amides is 1. The van der Waals surface area contributed by atoms with E-state index in [2.05, 4.69) is 27.9 Å². The molecule has 0 spiro atoms. The Labute approximate surface area is 140 Å². The Kier molecular flexibility index (Phi) is 4.10. The van der Waals surface area contributed by atoms with Crippen molar-refractivity contribution in [3.8, 4) is 0 Å². The summed E-state index contributed by atoms with van der Waals surface area (Å²) in [7, 11) is 0. The van der Waals surface area contributed by atoms with Crippen molar-refractivity contribution in [2.75, 3.05) is 5.32 Å². The number of hydrogen-bond acceptors (Lipinski definition) is 4. The molecular weight excluding hydrogens is 310 g/mol. The quantitative estimate of drug-likeness (QED) is 0.890. The van der Waals surface area contributed by atoms with Crippen LogP contribution in [0.15, 0.2) is 30.6 Å². The van der Waals surface area contributed by atoms with Gasteiger partial charge in [0.05, 0.1) is 11.4 Å². The maximum atomic E-state index is 12.0. The van der Waals surface area contributed by atoms with Gasteiger partial charge < -0.3 is 9.30 Å². The third-order valence-corrected chi connectivity index (χ3v) is 4.79. The molecule has 5 nitrogen and oxygen atoms in total. The van der Waals surface area contributed by atoms with Crippen molar-refractivity contribution in [2.24, 2.45) is 0 Å². The van der Waals surface area contributed by atoms with E-state index >= 15 is 0 Å². The zero-order chi connectivity index (χ0) is 16.6. The summed E-state index contributed by atoms with van der Waals surface area (Å²) in [5.41, 5.74) is 3.72. The number of aromatic nitrogens is 2. The van der Waals surface area contributed by atoms with Crippen LogP contribution in [0.25, 0.3) is 0 Å². The van der Waals surface area contributed by atoms with Crippen molar-refractivity contribution in [2.45, 2.75) is 44.4 Å². The number of nitrogens with one attached hydrogen (secondary N) is 1. The molecule has 2 aromatic heterocycles.